The number of aryl methyl sites for hydroxylation is 1. The van der Waals surface area contributed by atoms with Crippen LogP contribution in [0.1, 0.15) is 26.8 Å². The molecule has 0 saturated carbocycles. The molecule has 0 saturated heterocycles. The van der Waals surface area contributed by atoms with Crippen LogP contribution in [-0.2, 0) is 6.54 Å². The van der Waals surface area contributed by atoms with E-state index in [-0.39, 0.29) is 6.04 Å². The molecular weight excluding hydrogens is 224 g/mol. The Kier molecular flexibility index (Phi) is 2.86. The molecule has 0 radical (unpaired) electrons. The predicted molar refractivity (Wildman–Crippen MR) is 62.5 cm³/mol. The molecule has 7 heteroatoms. The zero-order valence-corrected chi connectivity index (χ0v) is 10.3. The van der Waals surface area contributed by atoms with Crippen molar-refractivity contribution < 1.29 is 0 Å². The predicted octanol–water partition coefficient (Wildman–Crippen LogP) is 1.80. The number of tetrazole rings is 1. The van der Waals surface area contributed by atoms with Gasteiger partial charge in [-0.15, -0.1) is 10.2 Å². The van der Waals surface area contributed by atoms with Crippen molar-refractivity contribution in [3.8, 4) is 11.4 Å². The fourth-order valence-electron chi connectivity index (χ4n) is 1.36. The molecule has 0 spiro atoms. The zero-order chi connectivity index (χ0) is 11.7. The Morgan fingerprint density at radius 2 is 2.25 bits per heavy atom. The largest absolute Gasteiger partial charge is 0.304 e. The Balaban J connectivity index is 2.43. The summed E-state index contributed by atoms with van der Waals surface area (Å²) in [6.07, 6.45) is 1.81. The first kappa shape index (κ1) is 11.0. The fourth-order valence-corrected chi connectivity index (χ4v) is 1.69. The molecule has 86 valence electrons. The van der Waals surface area contributed by atoms with Crippen molar-refractivity contribution in [2.24, 2.45) is 0 Å². The molecule has 2 heterocycles. The average molecular weight is 238 g/mol. The van der Waals surface area contributed by atoms with Crippen molar-refractivity contribution in [1.29, 1.82) is 0 Å². The topological polar surface area (TPSA) is 64.3 Å². The summed E-state index contributed by atoms with van der Waals surface area (Å²) in [6.45, 7) is 6.83. The first-order valence-corrected chi connectivity index (χ1v) is 5.62. The van der Waals surface area contributed by atoms with Gasteiger partial charge in [-0.05, 0) is 26.0 Å². The van der Waals surface area contributed by atoms with Crippen molar-refractivity contribution >= 4 is 12.2 Å². The number of aromatic amines is 1. The number of nitrogens with zero attached hydrogens (tertiary/aromatic N) is 5. The van der Waals surface area contributed by atoms with Crippen LogP contribution < -0.4 is 0 Å². The summed E-state index contributed by atoms with van der Waals surface area (Å²) >= 11 is 5.30. The lowest BCUT2D eigenvalue weighted by Gasteiger charge is -1.98. The summed E-state index contributed by atoms with van der Waals surface area (Å²) in [6, 6.07) is 0.201. The summed E-state index contributed by atoms with van der Waals surface area (Å²) in [4.78, 5) is 1.58. The first-order valence-electron chi connectivity index (χ1n) is 5.21. The van der Waals surface area contributed by atoms with Gasteiger partial charge in [0.2, 0.25) is 5.82 Å². The quantitative estimate of drug-likeness (QED) is 0.828. The monoisotopic (exact) mass is 238 g/mol. The average Bonchev–Trinajstić information content (AvgIpc) is 2.83. The van der Waals surface area contributed by atoms with Crippen LogP contribution in [-0.4, -0.2) is 30.0 Å². The maximum Gasteiger partial charge on any atom is 0.209 e. The van der Waals surface area contributed by atoms with Crippen LogP contribution in [0.15, 0.2) is 6.20 Å². The van der Waals surface area contributed by atoms with Crippen molar-refractivity contribution in [3.05, 3.63) is 10.8 Å². The maximum atomic E-state index is 5.30. The zero-order valence-electron chi connectivity index (χ0n) is 9.51. The number of hydrogen-bond donors (Lipinski definition) is 1. The van der Waals surface area contributed by atoms with Gasteiger partial charge >= 0.3 is 0 Å². The molecule has 2 aromatic heterocycles. The lowest BCUT2D eigenvalue weighted by atomic mass is 10.3. The van der Waals surface area contributed by atoms with Crippen LogP contribution in [0, 0.1) is 4.64 Å². The van der Waals surface area contributed by atoms with Crippen molar-refractivity contribution in [2.75, 3.05) is 0 Å². The minimum atomic E-state index is 0.201. The lowest BCUT2D eigenvalue weighted by Crippen LogP contribution is -2.04. The second-order valence-electron chi connectivity index (χ2n) is 3.76. The van der Waals surface area contributed by atoms with Gasteiger partial charge in [0.15, 0.2) is 0 Å². The summed E-state index contributed by atoms with van der Waals surface area (Å²) in [5.41, 5.74) is 0.823. The second kappa shape index (κ2) is 4.17. The molecule has 0 aliphatic heterocycles. The van der Waals surface area contributed by atoms with Gasteiger partial charge in [-0.1, -0.05) is 12.2 Å². The van der Waals surface area contributed by atoms with E-state index in [0.717, 1.165) is 12.1 Å². The molecule has 0 unspecified atom stereocenters. The lowest BCUT2D eigenvalue weighted by molar-refractivity contribution is 0.455. The molecule has 0 aliphatic carbocycles. The van der Waals surface area contributed by atoms with Gasteiger partial charge in [0, 0.05) is 12.7 Å². The van der Waals surface area contributed by atoms with E-state index in [2.05, 4.69) is 20.5 Å². The number of aromatic nitrogens is 6. The van der Waals surface area contributed by atoms with Crippen molar-refractivity contribution in [3.63, 3.8) is 0 Å². The van der Waals surface area contributed by atoms with Gasteiger partial charge in [-0.2, -0.15) is 4.80 Å². The van der Waals surface area contributed by atoms with Crippen LogP contribution >= 0.6 is 12.2 Å². The molecule has 2 aromatic rings. The number of rotatable bonds is 3. The van der Waals surface area contributed by atoms with E-state index < -0.39 is 0 Å². The third kappa shape index (κ3) is 1.78. The van der Waals surface area contributed by atoms with Gasteiger partial charge in [-0.25, -0.2) is 0 Å². The highest BCUT2D eigenvalue weighted by atomic mass is 32.1. The smallest absolute Gasteiger partial charge is 0.209 e. The third-order valence-corrected chi connectivity index (χ3v) is 2.73. The van der Waals surface area contributed by atoms with E-state index in [1.165, 1.54) is 0 Å². The van der Waals surface area contributed by atoms with E-state index >= 15 is 0 Å². The number of H-pyrrole nitrogens is 1. The summed E-state index contributed by atoms with van der Waals surface area (Å²) in [5.74, 6) is 0.571. The maximum absolute atomic E-state index is 5.30. The fraction of sp³-hybridized carbons (Fsp3) is 0.556. The molecule has 0 amide bonds. The molecule has 0 atom stereocenters. The van der Waals surface area contributed by atoms with Crippen LogP contribution in [0.4, 0.5) is 0 Å². The van der Waals surface area contributed by atoms with Gasteiger partial charge in [0.1, 0.15) is 4.64 Å². The van der Waals surface area contributed by atoms with E-state index in [4.69, 9.17) is 12.2 Å². The molecule has 0 fully saturated rings. The summed E-state index contributed by atoms with van der Waals surface area (Å²) < 4.78 is 2.58. The second-order valence-corrected chi connectivity index (χ2v) is 4.15. The van der Waals surface area contributed by atoms with Crippen LogP contribution in [0.5, 0.6) is 0 Å². The number of nitrogens with one attached hydrogen (secondary N) is 1. The SMILES string of the molecule is CCn1[nH]cc(-c2nnn(C(C)C)n2)c1=S. The van der Waals surface area contributed by atoms with Crippen LogP contribution in [0.25, 0.3) is 11.4 Å². The Morgan fingerprint density at radius 3 is 2.75 bits per heavy atom. The van der Waals surface area contributed by atoms with Crippen molar-refractivity contribution in [1.82, 2.24) is 30.0 Å². The van der Waals surface area contributed by atoms with E-state index in [0.29, 0.717) is 10.5 Å². The first-order chi connectivity index (χ1) is 7.63. The molecule has 6 nitrogen and oxygen atoms in total. The normalized spacial score (nSPS) is 11.2. The van der Waals surface area contributed by atoms with Gasteiger partial charge in [0.05, 0.1) is 11.6 Å². The highest BCUT2D eigenvalue weighted by Crippen LogP contribution is 2.15. The van der Waals surface area contributed by atoms with Gasteiger partial charge in [0.25, 0.3) is 0 Å². The highest BCUT2D eigenvalue weighted by molar-refractivity contribution is 7.71. The third-order valence-electron chi connectivity index (χ3n) is 2.29. The molecule has 0 aliphatic rings. The van der Waals surface area contributed by atoms with Crippen LogP contribution in [0.2, 0.25) is 0 Å². The van der Waals surface area contributed by atoms with Gasteiger partial charge in [-0.3, -0.25) is 4.68 Å². The molecule has 0 bridgehead atoms. The molecule has 16 heavy (non-hydrogen) atoms. The van der Waals surface area contributed by atoms with Gasteiger partial charge < -0.3 is 5.10 Å². The molecular formula is C9H14N6S. The Hall–Kier alpha value is -1.50. The Labute approximate surface area is 98.3 Å². The minimum Gasteiger partial charge on any atom is -0.304 e. The van der Waals surface area contributed by atoms with Crippen molar-refractivity contribution in [2.45, 2.75) is 33.4 Å². The minimum absolute atomic E-state index is 0.201. The Morgan fingerprint density at radius 1 is 1.50 bits per heavy atom. The molecule has 2 rings (SSSR count). The Bertz CT molecular complexity index is 534. The summed E-state index contributed by atoms with van der Waals surface area (Å²) in [5, 5.41) is 15.3. The highest BCUT2D eigenvalue weighted by Gasteiger charge is 2.11. The van der Waals surface area contributed by atoms with E-state index in [1.807, 2.05) is 31.6 Å². The number of hydrogen-bond acceptors (Lipinski definition) is 4. The van der Waals surface area contributed by atoms with E-state index in [1.54, 1.807) is 4.80 Å². The van der Waals surface area contributed by atoms with Crippen LogP contribution in [0.3, 0.4) is 0 Å². The standard InChI is InChI=1S/C9H14N6S/c1-4-14-9(16)7(5-10-14)8-11-13-15(12-8)6(2)3/h5-6,10H,4H2,1-3H3. The summed E-state index contributed by atoms with van der Waals surface area (Å²) in [7, 11) is 0. The molecule has 1 N–H and O–H groups in total. The van der Waals surface area contributed by atoms with E-state index in [9.17, 15) is 0 Å². The molecule has 0 aromatic carbocycles.